The maximum absolute atomic E-state index is 12.5. The van der Waals surface area contributed by atoms with Gasteiger partial charge in [0.15, 0.2) is 0 Å². The Morgan fingerprint density at radius 1 is 1.22 bits per heavy atom. The molecule has 1 saturated carbocycles. The first-order chi connectivity index (χ1) is 11.2. The molecule has 1 aliphatic carbocycles. The molecule has 2 aliphatic rings. The molecular formula is C16H20N6O. The number of likely N-dealkylation sites (tertiary alicyclic amines) is 1. The van der Waals surface area contributed by atoms with Crippen LogP contribution in [0.1, 0.15) is 12.8 Å². The molecule has 120 valence electrons. The van der Waals surface area contributed by atoms with Crippen LogP contribution in [0.15, 0.2) is 30.3 Å². The van der Waals surface area contributed by atoms with Crippen LogP contribution in [0.2, 0.25) is 0 Å². The zero-order valence-electron chi connectivity index (χ0n) is 12.9. The van der Waals surface area contributed by atoms with Gasteiger partial charge in [-0.1, -0.05) is 30.3 Å². The molecule has 1 saturated heterocycles. The second-order valence-corrected chi connectivity index (χ2v) is 6.47. The van der Waals surface area contributed by atoms with Crippen LogP contribution in [0.25, 0.3) is 11.4 Å². The largest absolute Gasteiger partial charge is 0.340 e. The third-order valence-corrected chi connectivity index (χ3v) is 5.03. The highest BCUT2D eigenvalue weighted by Gasteiger charge is 2.42. The molecule has 4 rings (SSSR count). The number of tetrazole rings is 1. The Bertz CT molecular complexity index is 700. The summed E-state index contributed by atoms with van der Waals surface area (Å²) in [4.78, 5) is 15.7. The first-order valence-corrected chi connectivity index (χ1v) is 8.07. The van der Waals surface area contributed by atoms with Gasteiger partial charge in [-0.25, -0.2) is 0 Å². The predicted molar refractivity (Wildman–Crippen MR) is 84.0 cm³/mol. The summed E-state index contributed by atoms with van der Waals surface area (Å²) in [6.45, 7) is 1.72. The molecule has 2 N–H and O–H groups in total. The van der Waals surface area contributed by atoms with Gasteiger partial charge in [-0.3, -0.25) is 4.79 Å². The van der Waals surface area contributed by atoms with E-state index in [0.29, 0.717) is 17.7 Å². The van der Waals surface area contributed by atoms with E-state index in [1.54, 1.807) is 0 Å². The minimum atomic E-state index is 0.0450. The van der Waals surface area contributed by atoms with Crippen LogP contribution in [0.3, 0.4) is 0 Å². The van der Waals surface area contributed by atoms with Gasteiger partial charge in [-0.2, -0.15) is 4.80 Å². The zero-order valence-corrected chi connectivity index (χ0v) is 12.9. The Kier molecular flexibility index (Phi) is 3.57. The fourth-order valence-electron chi connectivity index (χ4n) is 3.75. The Morgan fingerprint density at radius 2 is 2.04 bits per heavy atom. The van der Waals surface area contributed by atoms with Crippen LogP contribution in [-0.4, -0.2) is 50.1 Å². The van der Waals surface area contributed by atoms with E-state index < -0.39 is 0 Å². The van der Waals surface area contributed by atoms with Gasteiger partial charge >= 0.3 is 0 Å². The summed E-state index contributed by atoms with van der Waals surface area (Å²) in [5.74, 6) is 1.61. The second kappa shape index (κ2) is 5.73. The smallest absolute Gasteiger partial charge is 0.246 e. The quantitative estimate of drug-likeness (QED) is 0.893. The van der Waals surface area contributed by atoms with Crippen LogP contribution in [0.5, 0.6) is 0 Å². The number of benzene rings is 1. The van der Waals surface area contributed by atoms with Gasteiger partial charge in [0.05, 0.1) is 0 Å². The van der Waals surface area contributed by atoms with E-state index in [0.717, 1.165) is 31.5 Å². The number of nitrogens with zero attached hydrogens (tertiary/aromatic N) is 5. The van der Waals surface area contributed by atoms with Gasteiger partial charge < -0.3 is 10.6 Å². The first kappa shape index (κ1) is 14.3. The summed E-state index contributed by atoms with van der Waals surface area (Å²) in [7, 11) is 0. The van der Waals surface area contributed by atoms with Crippen LogP contribution in [-0.2, 0) is 11.3 Å². The van der Waals surface area contributed by atoms with E-state index in [4.69, 9.17) is 5.73 Å². The molecule has 3 atom stereocenters. The van der Waals surface area contributed by atoms with Crippen LogP contribution < -0.4 is 5.73 Å². The normalized spacial score (nSPS) is 26.5. The highest BCUT2D eigenvalue weighted by Crippen LogP contribution is 2.37. The number of hydrogen-bond acceptors (Lipinski definition) is 5. The third-order valence-electron chi connectivity index (χ3n) is 5.03. The van der Waals surface area contributed by atoms with Crippen molar-refractivity contribution in [2.45, 2.75) is 25.4 Å². The summed E-state index contributed by atoms with van der Waals surface area (Å²) in [6.07, 6.45) is 2.22. The highest BCUT2D eigenvalue weighted by atomic mass is 16.2. The molecular weight excluding hydrogens is 292 g/mol. The monoisotopic (exact) mass is 312 g/mol. The molecule has 1 aromatic heterocycles. The molecule has 1 aromatic carbocycles. The average molecular weight is 312 g/mol. The third kappa shape index (κ3) is 2.72. The van der Waals surface area contributed by atoms with E-state index in [2.05, 4.69) is 15.4 Å². The fourth-order valence-corrected chi connectivity index (χ4v) is 3.75. The van der Waals surface area contributed by atoms with Gasteiger partial charge in [0.2, 0.25) is 11.7 Å². The van der Waals surface area contributed by atoms with E-state index >= 15 is 0 Å². The van der Waals surface area contributed by atoms with Gasteiger partial charge in [-0.15, -0.1) is 10.2 Å². The average Bonchev–Trinajstić information content (AvgIpc) is 3.26. The van der Waals surface area contributed by atoms with Gasteiger partial charge in [0, 0.05) is 24.7 Å². The van der Waals surface area contributed by atoms with Crippen molar-refractivity contribution in [3.63, 3.8) is 0 Å². The Hall–Kier alpha value is -2.28. The van der Waals surface area contributed by atoms with E-state index in [9.17, 15) is 4.79 Å². The van der Waals surface area contributed by atoms with E-state index in [1.807, 2.05) is 35.2 Å². The molecule has 1 amide bonds. The highest BCUT2D eigenvalue weighted by molar-refractivity contribution is 5.76. The Labute approximate surface area is 134 Å². The molecule has 0 spiro atoms. The minimum Gasteiger partial charge on any atom is -0.340 e. The van der Waals surface area contributed by atoms with E-state index in [-0.39, 0.29) is 18.5 Å². The molecule has 2 fully saturated rings. The Balaban J connectivity index is 1.41. The van der Waals surface area contributed by atoms with Crippen molar-refractivity contribution >= 4 is 5.91 Å². The number of fused-ring (bicyclic) bond motifs is 1. The van der Waals surface area contributed by atoms with Crippen molar-refractivity contribution in [1.29, 1.82) is 0 Å². The standard InChI is InChI=1S/C16H20N6O/c17-14-7-6-12-8-21(9-13(12)14)15(23)10-22-19-16(18-20-22)11-4-2-1-3-5-11/h1-5,12-14H,6-10,17H2. The minimum absolute atomic E-state index is 0.0450. The van der Waals surface area contributed by atoms with Crippen molar-refractivity contribution < 1.29 is 4.79 Å². The SMILES string of the molecule is NC1CCC2CN(C(=O)Cn3nnc(-c4ccccc4)n3)CC12. The summed E-state index contributed by atoms with van der Waals surface area (Å²) < 4.78 is 0. The van der Waals surface area contributed by atoms with Crippen molar-refractivity contribution in [2.75, 3.05) is 13.1 Å². The molecule has 7 nitrogen and oxygen atoms in total. The number of carbonyl (C=O) groups is 1. The lowest BCUT2D eigenvalue weighted by molar-refractivity contribution is -0.131. The number of aromatic nitrogens is 4. The van der Waals surface area contributed by atoms with Gasteiger partial charge in [0.1, 0.15) is 6.54 Å². The maximum atomic E-state index is 12.5. The molecule has 0 bridgehead atoms. The van der Waals surface area contributed by atoms with Gasteiger partial charge in [0.25, 0.3) is 0 Å². The van der Waals surface area contributed by atoms with Crippen molar-refractivity contribution in [1.82, 2.24) is 25.1 Å². The lowest BCUT2D eigenvalue weighted by Gasteiger charge is -2.18. The number of amides is 1. The molecule has 0 radical (unpaired) electrons. The number of nitrogens with two attached hydrogens (primary N) is 1. The lowest BCUT2D eigenvalue weighted by Crippen LogP contribution is -2.35. The summed E-state index contributed by atoms with van der Waals surface area (Å²) in [6, 6.07) is 9.87. The Morgan fingerprint density at radius 3 is 2.83 bits per heavy atom. The summed E-state index contributed by atoms with van der Waals surface area (Å²) in [5.41, 5.74) is 7.02. The number of carbonyl (C=O) groups excluding carboxylic acids is 1. The topological polar surface area (TPSA) is 89.9 Å². The molecule has 2 aromatic rings. The summed E-state index contributed by atoms with van der Waals surface area (Å²) >= 11 is 0. The van der Waals surface area contributed by atoms with Crippen molar-refractivity contribution in [3.8, 4) is 11.4 Å². The molecule has 23 heavy (non-hydrogen) atoms. The van der Waals surface area contributed by atoms with Crippen LogP contribution in [0, 0.1) is 11.8 Å². The lowest BCUT2D eigenvalue weighted by atomic mass is 9.98. The second-order valence-electron chi connectivity index (χ2n) is 6.47. The number of hydrogen-bond donors (Lipinski definition) is 1. The first-order valence-electron chi connectivity index (χ1n) is 8.07. The fraction of sp³-hybridized carbons (Fsp3) is 0.500. The number of rotatable bonds is 3. The van der Waals surface area contributed by atoms with Crippen LogP contribution >= 0.6 is 0 Å². The van der Waals surface area contributed by atoms with Crippen LogP contribution in [0.4, 0.5) is 0 Å². The molecule has 2 heterocycles. The molecule has 7 heteroatoms. The molecule has 1 aliphatic heterocycles. The van der Waals surface area contributed by atoms with Crippen molar-refractivity contribution in [3.05, 3.63) is 30.3 Å². The maximum Gasteiger partial charge on any atom is 0.246 e. The molecule has 3 unspecified atom stereocenters. The van der Waals surface area contributed by atoms with Gasteiger partial charge in [-0.05, 0) is 29.9 Å². The zero-order chi connectivity index (χ0) is 15.8. The van der Waals surface area contributed by atoms with E-state index in [1.165, 1.54) is 4.80 Å². The summed E-state index contributed by atoms with van der Waals surface area (Å²) in [5, 5.41) is 12.3. The predicted octanol–water partition coefficient (Wildman–Crippen LogP) is 0.536. The van der Waals surface area contributed by atoms with Crippen molar-refractivity contribution in [2.24, 2.45) is 17.6 Å².